The minimum absolute atomic E-state index is 0.147. The molecule has 1 heterocycles. The van der Waals surface area contributed by atoms with Crippen LogP contribution in [0.3, 0.4) is 0 Å². The number of carboxylic acids is 1. The van der Waals surface area contributed by atoms with E-state index in [0.29, 0.717) is 23.7 Å². The number of hydrazone groups is 1. The Morgan fingerprint density at radius 2 is 1.86 bits per heavy atom. The molecule has 7 nitrogen and oxygen atoms in total. The Balaban J connectivity index is 1.59. The normalized spacial score (nSPS) is 10.8. The van der Waals surface area contributed by atoms with Gasteiger partial charge < -0.3 is 14.3 Å². The Morgan fingerprint density at radius 1 is 1.10 bits per heavy atom. The lowest BCUT2D eigenvalue weighted by Crippen LogP contribution is -2.19. The van der Waals surface area contributed by atoms with Crippen LogP contribution >= 0.6 is 0 Å². The van der Waals surface area contributed by atoms with Crippen LogP contribution in [0.15, 0.2) is 70.2 Å². The first-order valence-corrected chi connectivity index (χ1v) is 9.03. The zero-order valence-corrected chi connectivity index (χ0v) is 15.8. The van der Waals surface area contributed by atoms with Gasteiger partial charge in [-0.3, -0.25) is 4.79 Å². The van der Waals surface area contributed by atoms with Gasteiger partial charge in [-0.1, -0.05) is 30.3 Å². The third-order valence-electron chi connectivity index (χ3n) is 4.03. The topological polar surface area (TPSA) is 101 Å². The second kappa shape index (κ2) is 9.36. The predicted molar refractivity (Wildman–Crippen MR) is 108 cm³/mol. The van der Waals surface area contributed by atoms with E-state index < -0.39 is 5.97 Å². The monoisotopic (exact) mass is 392 g/mol. The number of carboxylic acid groups (broad SMARTS) is 1. The molecule has 3 aromatic rings. The Labute approximate surface area is 167 Å². The molecular formula is C22H20N2O5. The number of furan rings is 1. The quantitative estimate of drug-likeness (QED) is 0.449. The summed E-state index contributed by atoms with van der Waals surface area (Å²) in [5, 5.41) is 13.2. The lowest BCUT2D eigenvalue weighted by Gasteiger charge is -2.04. The molecule has 0 saturated heterocycles. The molecular weight excluding hydrogens is 372 g/mol. The van der Waals surface area contributed by atoms with E-state index in [2.05, 4.69) is 10.5 Å². The van der Waals surface area contributed by atoms with Crippen molar-refractivity contribution in [1.29, 1.82) is 0 Å². The maximum absolute atomic E-state index is 12.0. The van der Waals surface area contributed by atoms with E-state index in [1.807, 2.05) is 31.2 Å². The summed E-state index contributed by atoms with van der Waals surface area (Å²) in [5.74, 6) is 0.252. The molecule has 148 valence electrons. The molecule has 0 unspecified atom stereocenters. The fraction of sp³-hybridized carbons (Fsp3) is 0.136. The molecule has 2 aromatic carbocycles. The third-order valence-corrected chi connectivity index (χ3v) is 4.03. The fourth-order valence-electron chi connectivity index (χ4n) is 2.71. The lowest BCUT2D eigenvalue weighted by atomic mass is 10.1. The summed E-state index contributed by atoms with van der Waals surface area (Å²) < 4.78 is 11.0. The van der Waals surface area contributed by atoms with Crippen LogP contribution in [0, 0.1) is 0 Å². The van der Waals surface area contributed by atoms with Gasteiger partial charge in [0.2, 0.25) is 5.91 Å². The van der Waals surface area contributed by atoms with Crippen LogP contribution in [0.1, 0.15) is 28.6 Å². The van der Waals surface area contributed by atoms with E-state index in [-0.39, 0.29) is 17.9 Å². The van der Waals surface area contributed by atoms with Crippen molar-refractivity contribution in [2.24, 2.45) is 5.10 Å². The van der Waals surface area contributed by atoms with Crippen LogP contribution in [-0.4, -0.2) is 29.8 Å². The average molecular weight is 392 g/mol. The Hall–Kier alpha value is -3.87. The highest BCUT2D eigenvalue weighted by Gasteiger charge is 2.13. The lowest BCUT2D eigenvalue weighted by molar-refractivity contribution is -0.120. The van der Waals surface area contributed by atoms with Crippen molar-refractivity contribution in [3.63, 3.8) is 0 Å². The number of carbonyl (C=O) groups excluding carboxylic acids is 1. The van der Waals surface area contributed by atoms with Crippen LogP contribution in [0.25, 0.3) is 11.3 Å². The van der Waals surface area contributed by atoms with Crippen LogP contribution < -0.4 is 10.2 Å². The van der Waals surface area contributed by atoms with Crippen LogP contribution in [0.5, 0.6) is 5.75 Å². The van der Waals surface area contributed by atoms with E-state index in [0.717, 1.165) is 11.3 Å². The second-order valence-corrected chi connectivity index (χ2v) is 6.10. The van der Waals surface area contributed by atoms with Crippen molar-refractivity contribution >= 4 is 18.1 Å². The molecule has 0 atom stereocenters. The molecule has 0 saturated carbocycles. The largest absolute Gasteiger partial charge is 0.494 e. The molecule has 0 aliphatic heterocycles. The SMILES string of the molecule is CCOc1ccc(CC(=O)N/N=C\c2ccc(-c3ccccc3C(=O)O)o2)cc1. The molecule has 1 amide bonds. The summed E-state index contributed by atoms with van der Waals surface area (Å²) >= 11 is 0. The number of nitrogens with one attached hydrogen (secondary N) is 1. The van der Waals surface area contributed by atoms with E-state index in [9.17, 15) is 14.7 Å². The number of hydrogen-bond donors (Lipinski definition) is 2. The molecule has 0 spiro atoms. The van der Waals surface area contributed by atoms with Gasteiger partial charge in [0.05, 0.1) is 24.8 Å². The average Bonchev–Trinajstić information content (AvgIpc) is 3.18. The number of amides is 1. The van der Waals surface area contributed by atoms with E-state index in [1.54, 1.807) is 30.3 Å². The standard InChI is InChI=1S/C22H20N2O5/c1-2-28-16-9-7-15(8-10-16)13-21(25)24-23-14-17-11-12-20(29-17)18-5-3-4-6-19(18)22(26)27/h3-12,14H,2,13H2,1H3,(H,24,25)(H,26,27)/b23-14-. The Kier molecular flexibility index (Phi) is 6.42. The number of hydrogen-bond acceptors (Lipinski definition) is 5. The second-order valence-electron chi connectivity index (χ2n) is 6.10. The van der Waals surface area contributed by atoms with Crippen molar-refractivity contribution in [3.05, 3.63) is 77.6 Å². The van der Waals surface area contributed by atoms with Crippen molar-refractivity contribution in [3.8, 4) is 17.1 Å². The summed E-state index contributed by atoms with van der Waals surface area (Å²) in [7, 11) is 0. The van der Waals surface area contributed by atoms with Gasteiger partial charge in [0.1, 0.15) is 17.3 Å². The Morgan fingerprint density at radius 3 is 2.59 bits per heavy atom. The number of nitrogens with zero attached hydrogens (tertiary/aromatic N) is 1. The molecule has 0 aliphatic carbocycles. The molecule has 0 aliphatic rings. The molecule has 0 fully saturated rings. The fourth-order valence-corrected chi connectivity index (χ4v) is 2.71. The van der Waals surface area contributed by atoms with Crippen molar-refractivity contribution in [2.75, 3.05) is 6.61 Å². The third kappa shape index (κ3) is 5.32. The van der Waals surface area contributed by atoms with Crippen molar-refractivity contribution in [2.45, 2.75) is 13.3 Å². The summed E-state index contributed by atoms with van der Waals surface area (Å²) in [4.78, 5) is 23.3. The van der Waals surface area contributed by atoms with Crippen molar-refractivity contribution < 1.29 is 23.8 Å². The number of carbonyl (C=O) groups is 2. The molecule has 2 N–H and O–H groups in total. The first-order valence-electron chi connectivity index (χ1n) is 9.03. The zero-order valence-electron chi connectivity index (χ0n) is 15.8. The number of benzene rings is 2. The Bertz CT molecular complexity index is 1020. The smallest absolute Gasteiger partial charge is 0.336 e. The van der Waals surface area contributed by atoms with E-state index >= 15 is 0 Å². The molecule has 7 heteroatoms. The zero-order chi connectivity index (χ0) is 20.6. The van der Waals surface area contributed by atoms with Gasteiger partial charge in [-0.25, -0.2) is 10.2 Å². The summed E-state index contributed by atoms with van der Waals surface area (Å²) in [5.41, 5.74) is 3.90. The van der Waals surface area contributed by atoms with Gasteiger partial charge in [-0.15, -0.1) is 0 Å². The maximum atomic E-state index is 12.0. The van der Waals surface area contributed by atoms with Crippen LogP contribution in [0.4, 0.5) is 0 Å². The van der Waals surface area contributed by atoms with Crippen LogP contribution in [0.2, 0.25) is 0 Å². The number of rotatable bonds is 8. The minimum atomic E-state index is -1.03. The van der Waals surface area contributed by atoms with Gasteiger partial charge in [0.25, 0.3) is 0 Å². The van der Waals surface area contributed by atoms with Crippen LogP contribution in [-0.2, 0) is 11.2 Å². The number of aromatic carboxylic acids is 1. The van der Waals surface area contributed by atoms with Gasteiger partial charge in [0.15, 0.2) is 0 Å². The molecule has 29 heavy (non-hydrogen) atoms. The van der Waals surface area contributed by atoms with E-state index in [4.69, 9.17) is 9.15 Å². The highest BCUT2D eigenvalue weighted by atomic mass is 16.5. The highest BCUT2D eigenvalue weighted by Crippen LogP contribution is 2.25. The molecule has 1 aromatic heterocycles. The summed E-state index contributed by atoms with van der Waals surface area (Å²) in [6, 6.07) is 17.2. The van der Waals surface area contributed by atoms with Gasteiger partial charge in [-0.2, -0.15) is 5.10 Å². The highest BCUT2D eigenvalue weighted by molar-refractivity contribution is 5.95. The van der Waals surface area contributed by atoms with Gasteiger partial charge in [0, 0.05) is 5.56 Å². The van der Waals surface area contributed by atoms with Gasteiger partial charge >= 0.3 is 5.97 Å². The van der Waals surface area contributed by atoms with E-state index in [1.165, 1.54) is 12.3 Å². The maximum Gasteiger partial charge on any atom is 0.336 e. The molecule has 0 bridgehead atoms. The first-order chi connectivity index (χ1) is 14.1. The number of ether oxygens (including phenoxy) is 1. The predicted octanol–water partition coefficient (Wildman–Crippen LogP) is 3.74. The van der Waals surface area contributed by atoms with Crippen molar-refractivity contribution in [1.82, 2.24) is 5.43 Å². The van der Waals surface area contributed by atoms with Gasteiger partial charge in [-0.05, 0) is 42.8 Å². The molecule has 0 radical (unpaired) electrons. The molecule has 3 rings (SSSR count). The summed E-state index contributed by atoms with van der Waals surface area (Å²) in [6.07, 6.45) is 1.54. The summed E-state index contributed by atoms with van der Waals surface area (Å²) in [6.45, 7) is 2.50. The minimum Gasteiger partial charge on any atom is -0.494 e. The first kappa shape index (κ1) is 19.9.